The lowest BCUT2D eigenvalue weighted by atomic mass is 10.00. The van der Waals surface area contributed by atoms with Crippen LogP contribution in [0.1, 0.15) is 46.1 Å². The van der Waals surface area contributed by atoms with Gasteiger partial charge < -0.3 is 4.90 Å². The molecule has 0 saturated carbocycles. The Balaban J connectivity index is 2.21. The van der Waals surface area contributed by atoms with E-state index >= 15 is 0 Å². The average molecular weight is 277 g/mol. The van der Waals surface area contributed by atoms with Crippen molar-refractivity contribution in [1.29, 1.82) is 0 Å². The third-order valence-corrected chi connectivity index (χ3v) is 4.02. The fourth-order valence-corrected chi connectivity index (χ4v) is 2.73. The van der Waals surface area contributed by atoms with E-state index in [1.54, 1.807) is 26.1 Å². The van der Waals surface area contributed by atoms with Crippen LogP contribution < -0.4 is 10.5 Å². The first kappa shape index (κ1) is 14.8. The van der Waals surface area contributed by atoms with E-state index < -0.39 is 6.04 Å². The van der Waals surface area contributed by atoms with Crippen molar-refractivity contribution in [3.05, 3.63) is 22.6 Å². The molecule has 2 atom stereocenters. The topological polar surface area (TPSA) is 55.2 Å². The lowest BCUT2D eigenvalue weighted by Gasteiger charge is -2.32. The molecular weight excluding hydrogens is 254 g/mol. The maximum atomic E-state index is 12.1. The summed E-state index contributed by atoms with van der Waals surface area (Å²) in [6, 6.07) is 1.12. The van der Waals surface area contributed by atoms with Gasteiger partial charge in [-0.05, 0) is 25.7 Å². The number of carbonyl (C=O) groups is 1. The molecule has 0 spiro atoms. The van der Waals surface area contributed by atoms with Crippen molar-refractivity contribution in [3.8, 4) is 0 Å². The van der Waals surface area contributed by atoms with Gasteiger partial charge in [0.05, 0.1) is 11.9 Å². The molecule has 110 valence electrons. The summed E-state index contributed by atoms with van der Waals surface area (Å²) in [5.41, 5.74) is 0.670. The summed E-state index contributed by atoms with van der Waals surface area (Å²) in [5.74, 6) is 0.672. The highest BCUT2D eigenvalue weighted by molar-refractivity contribution is 5.81. The van der Waals surface area contributed by atoms with Gasteiger partial charge in [-0.25, -0.2) is 4.68 Å². The summed E-state index contributed by atoms with van der Waals surface area (Å²) in [5, 5.41) is 4.19. The lowest BCUT2D eigenvalue weighted by molar-refractivity contribution is -0.121. The van der Waals surface area contributed by atoms with Gasteiger partial charge in [0.15, 0.2) is 5.78 Å². The molecule has 1 saturated heterocycles. The van der Waals surface area contributed by atoms with Crippen molar-refractivity contribution >= 4 is 11.5 Å². The largest absolute Gasteiger partial charge is 0.370 e. The standard InChI is InChI=1S/C15H23N3O2/c1-4-14(19)12(3)18-15(20)8-13(9-16-18)17-7-5-6-11(2)10-17/h8-9,11-12H,4-7,10H2,1-3H3. The van der Waals surface area contributed by atoms with Crippen LogP contribution in [0.25, 0.3) is 0 Å². The van der Waals surface area contributed by atoms with Crippen molar-refractivity contribution in [2.24, 2.45) is 5.92 Å². The first-order chi connectivity index (χ1) is 9.52. The number of aromatic nitrogens is 2. The smallest absolute Gasteiger partial charge is 0.269 e. The molecule has 1 aromatic rings. The van der Waals surface area contributed by atoms with Crippen LogP contribution >= 0.6 is 0 Å². The molecule has 2 heterocycles. The van der Waals surface area contributed by atoms with Crippen LogP contribution in [0.5, 0.6) is 0 Å². The fraction of sp³-hybridized carbons (Fsp3) is 0.667. The molecular formula is C15H23N3O2. The summed E-state index contributed by atoms with van der Waals surface area (Å²) in [6.07, 6.45) is 4.51. The fourth-order valence-electron chi connectivity index (χ4n) is 2.73. The summed E-state index contributed by atoms with van der Waals surface area (Å²) < 4.78 is 1.28. The van der Waals surface area contributed by atoms with E-state index in [-0.39, 0.29) is 11.3 Å². The quantitative estimate of drug-likeness (QED) is 0.845. The molecule has 20 heavy (non-hydrogen) atoms. The molecule has 0 aliphatic carbocycles. The summed E-state index contributed by atoms with van der Waals surface area (Å²) in [4.78, 5) is 26.0. The predicted octanol–water partition coefficient (Wildman–Crippen LogP) is 2.02. The number of piperidine rings is 1. The number of hydrogen-bond donors (Lipinski definition) is 0. The second-order valence-corrected chi connectivity index (χ2v) is 5.69. The maximum Gasteiger partial charge on any atom is 0.269 e. The van der Waals surface area contributed by atoms with Gasteiger partial charge in [-0.2, -0.15) is 5.10 Å². The van der Waals surface area contributed by atoms with Gasteiger partial charge in [0.1, 0.15) is 6.04 Å². The average Bonchev–Trinajstić information content (AvgIpc) is 2.45. The SMILES string of the molecule is CCC(=O)C(C)n1ncc(N2CCCC(C)C2)cc1=O. The van der Waals surface area contributed by atoms with Crippen molar-refractivity contribution in [3.63, 3.8) is 0 Å². The van der Waals surface area contributed by atoms with Gasteiger partial charge in [-0.3, -0.25) is 9.59 Å². The van der Waals surface area contributed by atoms with E-state index in [1.165, 1.54) is 11.1 Å². The summed E-state index contributed by atoms with van der Waals surface area (Å²) in [7, 11) is 0. The second kappa shape index (κ2) is 6.20. The number of ketones is 1. The van der Waals surface area contributed by atoms with Crippen LogP contribution in [0.2, 0.25) is 0 Å². The third kappa shape index (κ3) is 3.08. The molecule has 1 aliphatic rings. The van der Waals surface area contributed by atoms with Gasteiger partial charge in [0, 0.05) is 25.6 Å². The zero-order valence-corrected chi connectivity index (χ0v) is 12.5. The molecule has 0 aromatic carbocycles. The van der Waals surface area contributed by atoms with E-state index in [1.807, 2.05) is 0 Å². The van der Waals surface area contributed by atoms with Crippen molar-refractivity contribution in [1.82, 2.24) is 9.78 Å². The van der Waals surface area contributed by atoms with Crippen LogP contribution in [0.4, 0.5) is 5.69 Å². The Kier molecular flexibility index (Phi) is 4.57. The minimum Gasteiger partial charge on any atom is -0.370 e. The summed E-state index contributed by atoms with van der Waals surface area (Å²) >= 11 is 0. The Labute approximate surface area is 119 Å². The van der Waals surface area contributed by atoms with E-state index in [9.17, 15) is 9.59 Å². The van der Waals surface area contributed by atoms with Crippen molar-refractivity contribution < 1.29 is 4.79 Å². The number of rotatable bonds is 4. The second-order valence-electron chi connectivity index (χ2n) is 5.69. The van der Waals surface area contributed by atoms with Crippen LogP contribution in [0, 0.1) is 5.92 Å². The van der Waals surface area contributed by atoms with Gasteiger partial charge in [0.25, 0.3) is 5.56 Å². The van der Waals surface area contributed by atoms with Crippen LogP contribution in [-0.4, -0.2) is 28.7 Å². The third-order valence-electron chi connectivity index (χ3n) is 4.02. The molecule has 5 heteroatoms. The lowest BCUT2D eigenvalue weighted by Crippen LogP contribution is -2.36. The molecule has 1 fully saturated rings. The molecule has 0 bridgehead atoms. The minimum absolute atomic E-state index is 0.0268. The van der Waals surface area contributed by atoms with Crippen molar-refractivity contribution in [2.75, 3.05) is 18.0 Å². The maximum absolute atomic E-state index is 12.1. The first-order valence-electron chi connectivity index (χ1n) is 7.39. The van der Waals surface area contributed by atoms with E-state index in [0.29, 0.717) is 12.3 Å². The number of anilines is 1. The zero-order chi connectivity index (χ0) is 14.7. The molecule has 2 rings (SSSR count). The highest BCUT2D eigenvalue weighted by Crippen LogP contribution is 2.21. The van der Waals surface area contributed by atoms with Crippen molar-refractivity contribution in [2.45, 2.75) is 46.1 Å². The molecule has 0 radical (unpaired) electrons. The Morgan fingerprint density at radius 2 is 2.30 bits per heavy atom. The monoisotopic (exact) mass is 277 g/mol. The minimum atomic E-state index is -0.484. The van der Waals surface area contributed by atoms with E-state index in [0.717, 1.165) is 25.2 Å². The zero-order valence-electron chi connectivity index (χ0n) is 12.5. The molecule has 0 amide bonds. The highest BCUT2D eigenvalue weighted by atomic mass is 16.1. The number of carbonyl (C=O) groups excluding carboxylic acids is 1. The molecule has 1 aromatic heterocycles. The van der Waals surface area contributed by atoms with Crippen LogP contribution in [-0.2, 0) is 4.79 Å². The number of nitrogens with zero attached hydrogens (tertiary/aromatic N) is 3. The van der Waals surface area contributed by atoms with Crippen LogP contribution in [0.3, 0.4) is 0 Å². The Hall–Kier alpha value is -1.65. The normalized spacial score (nSPS) is 20.8. The van der Waals surface area contributed by atoms with Gasteiger partial charge >= 0.3 is 0 Å². The van der Waals surface area contributed by atoms with Crippen LogP contribution in [0.15, 0.2) is 17.1 Å². The Morgan fingerprint density at radius 1 is 1.55 bits per heavy atom. The molecule has 0 N–H and O–H groups in total. The number of hydrogen-bond acceptors (Lipinski definition) is 4. The summed E-state index contributed by atoms with van der Waals surface area (Å²) in [6.45, 7) is 7.69. The first-order valence-corrected chi connectivity index (χ1v) is 7.39. The molecule has 2 unspecified atom stereocenters. The van der Waals surface area contributed by atoms with Gasteiger partial charge in [0.2, 0.25) is 0 Å². The van der Waals surface area contributed by atoms with Gasteiger partial charge in [-0.1, -0.05) is 13.8 Å². The Morgan fingerprint density at radius 3 is 2.90 bits per heavy atom. The Bertz CT molecular complexity index is 538. The molecule has 1 aliphatic heterocycles. The number of Topliss-reactive ketones (excluding diaryl/α,β-unsaturated/α-hetero) is 1. The van der Waals surface area contributed by atoms with E-state index in [2.05, 4.69) is 16.9 Å². The van der Waals surface area contributed by atoms with Gasteiger partial charge in [-0.15, -0.1) is 0 Å². The van der Waals surface area contributed by atoms with E-state index in [4.69, 9.17) is 0 Å². The predicted molar refractivity (Wildman–Crippen MR) is 79.1 cm³/mol. The molecule has 5 nitrogen and oxygen atoms in total. The highest BCUT2D eigenvalue weighted by Gasteiger charge is 2.19.